The van der Waals surface area contributed by atoms with Crippen LogP contribution in [0.25, 0.3) is 0 Å². The minimum absolute atomic E-state index is 0. The van der Waals surface area contributed by atoms with E-state index in [-0.39, 0.29) is 154 Å². The predicted molar refractivity (Wildman–Crippen MR) is 54.8 cm³/mol. The van der Waals surface area contributed by atoms with Crippen molar-refractivity contribution >= 4 is 154 Å². The van der Waals surface area contributed by atoms with Gasteiger partial charge in [0.1, 0.15) is 0 Å². The van der Waals surface area contributed by atoms with Gasteiger partial charge in [-0.2, -0.15) is 0 Å². The summed E-state index contributed by atoms with van der Waals surface area (Å²) in [5.74, 6) is 0. The average Bonchev–Trinajstić information content (AvgIpc) is 2.20. The third-order valence-corrected chi connectivity index (χ3v) is 0. The molecule has 0 aliphatic carbocycles. The second-order valence-corrected chi connectivity index (χ2v) is 0. The first-order chi connectivity index (χ1) is 5.00. The molecule has 0 heterocycles. The molecule has 56 valence electrons. The zero-order chi connectivity index (χ0) is 10.0. The first-order valence-electron chi connectivity index (χ1n) is 1.29. The molecule has 0 amide bonds. The van der Waals surface area contributed by atoms with Gasteiger partial charge < -0.3 is 0 Å². The van der Waals surface area contributed by atoms with Crippen molar-refractivity contribution in [1.29, 1.82) is 26.3 Å². The van der Waals surface area contributed by atoms with Gasteiger partial charge in [-0.25, -0.2) is 26.3 Å². The van der Waals surface area contributed by atoms with E-state index in [1.54, 1.807) is 0 Å². The molecule has 0 unspecified atom stereocenters. The van der Waals surface area contributed by atoms with E-state index in [0.717, 1.165) is 0 Å². The zero-order valence-corrected chi connectivity index (χ0v) is 5.12. The van der Waals surface area contributed by atoms with Gasteiger partial charge in [-0.3, -0.25) is 0 Å². The van der Waals surface area contributed by atoms with Crippen molar-refractivity contribution in [1.82, 2.24) is 0 Å². The van der Waals surface area contributed by atoms with Crippen molar-refractivity contribution in [3.05, 3.63) is 0 Å². The van der Waals surface area contributed by atoms with Crippen molar-refractivity contribution in [3.63, 3.8) is 0 Å². The monoisotopic (exact) mass is 255 g/mol. The SMILES string of the molecule is C#N.C#N.C#N.C#N.C#N.[KH].[KH].[KH]. The van der Waals surface area contributed by atoms with Crippen molar-refractivity contribution in [2.75, 3.05) is 0 Å². The molecule has 0 saturated carbocycles. The minimum atomic E-state index is 0. The van der Waals surface area contributed by atoms with Gasteiger partial charge in [0.15, 0.2) is 0 Å². The second-order valence-electron chi connectivity index (χ2n) is 0. The quantitative estimate of drug-likeness (QED) is 0.501. The van der Waals surface area contributed by atoms with Gasteiger partial charge in [0.05, 0.1) is 0 Å². The maximum atomic E-state index is 6.50. The summed E-state index contributed by atoms with van der Waals surface area (Å²) in [7, 11) is 0. The molecular weight excluding hydrogens is 247 g/mol. The summed E-state index contributed by atoms with van der Waals surface area (Å²) >= 11 is 0. The normalized spacial score (nSPS) is 0.769. The Hall–Kier alpha value is 2.36. The van der Waals surface area contributed by atoms with E-state index >= 15 is 0 Å². The summed E-state index contributed by atoms with van der Waals surface area (Å²) in [4.78, 5) is 0. The molecule has 0 radical (unpaired) electrons. The Morgan fingerprint density at radius 1 is 0.308 bits per heavy atom. The van der Waals surface area contributed by atoms with Gasteiger partial charge >= 0.3 is 154 Å². The summed E-state index contributed by atoms with van der Waals surface area (Å²) in [6, 6.07) is 0. The van der Waals surface area contributed by atoms with E-state index in [1.807, 2.05) is 0 Å². The molecule has 13 heavy (non-hydrogen) atoms. The number of rotatable bonds is 0. The molecule has 5 nitrogen and oxygen atoms in total. The van der Waals surface area contributed by atoms with Gasteiger partial charge in [0.2, 0.25) is 0 Å². The van der Waals surface area contributed by atoms with Crippen LogP contribution >= 0.6 is 0 Å². The summed E-state index contributed by atoms with van der Waals surface area (Å²) in [5, 5.41) is 32.5. The summed E-state index contributed by atoms with van der Waals surface area (Å²) in [6.45, 7) is 17.5. The van der Waals surface area contributed by atoms with Gasteiger partial charge in [0, 0.05) is 32.9 Å². The van der Waals surface area contributed by atoms with Crippen molar-refractivity contribution in [2.45, 2.75) is 0 Å². The van der Waals surface area contributed by atoms with E-state index in [4.69, 9.17) is 26.3 Å². The molecule has 8 heteroatoms. The van der Waals surface area contributed by atoms with E-state index in [9.17, 15) is 0 Å². The standard InChI is InChI=1S/5CHN.3K.3H/c5*1-2;;;;;;/h5*1H;;;;;;. The molecule has 0 rings (SSSR count). The van der Waals surface area contributed by atoms with Gasteiger partial charge in [-0.15, -0.1) is 0 Å². The van der Waals surface area contributed by atoms with Crippen LogP contribution in [0.1, 0.15) is 0 Å². The molecule has 0 N–H and O–H groups in total. The van der Waals surface area contributed by atoms with Crippen LogP contribution < -0.4 is 0 Å². The van der Waals surface area contributed by atoms with E-state index in [1.165, 1.54) is 0 Å². The topological polar surface area (TPSA) is 119 Å². The van der Waals surface area contributed by atoms with Crippen LogP contribution in [0.2, 0.25) is 0 Å². The molecule has 0 saturated heterocycles. The molecule has 0 fully saturated rings. The summed E-state index contributed by atoms with van der Waals surface area (Å²) in [5.41, 5.74) is 0. The Balaban J connectivity index is -0.00000000379. The number of hydrogen-bond donors (Lipinski definition) is 0. The van der Waals surface area contributed by atoms with E-state index in [2.05, 4.69) is 32.9 Å². The first kappa shape index (κ1) is 58.5. The Morgan fingerprint density at radius 3 is 0.308 bits per heavy atom. The molecule has 0 aliphatic heterocycles. The van der Waals surface area contributed by atoms with Crippen LogP contribution in [-0.2, 0) is 0 Å². The van der Waals surface area contributed by atoms with Crippen LogP contribution in [0.3, 0.4) is 0 Å². The Labute approximate surface area is 207 Å². The summed E-state index contributed by atoms with van der Waals surface area (Å²) in [6.07, 6.45) is 0. The number of hydrogen-bond acceptors (Lipinski definition) is 5. The predicted octanol–water partition coefficient (Wildman–Crippen LogP) is -1.25. The van der Waals surface area contributed by atoms with Crippen LogP contribution in [0.5, 0.6) is 0 Å². The zero-order valence-electron chi connectivity index (χ0n) is 5.12. The van der Waals surface area contributed by atoms with Crippen molar-refractivity contribution in [2.24, 2.45) is 0 Å². The second kappa shape index (κ2) is 460. The first-order valence-corrected chi connectivity index (χ1v) is 1.29. The van der Waals surface area contributed by atoms with E-state index < -0.39 is 0 Å². The fourth-order valence-corrected chi connectivity index (χ4v) is 0. The summed E-state index contributed by atoms with van der Waals surface area (Å²) < 4.78 is 0. The van der Waals surface area contributed by atoms with Crippen molar-refractivity contribution < 1.29 is 0 Å². The van der Waals surface area contributed by atoms with Crippen LogP contribution in [-0.4, -0.2) is 154 Å². The Morgan fingerprint density at radius 2 is 0.308 bits per heavy atom. The van der Waals surface area contributed by atoms with Gasteiger partial charge in [-0.05, 0) is 0 Å². The van der Waals surface area contributed by atoms with Crippen molar-refractivity contribution in [3.8, 4) is 32.9 Å². The van der Waals surface area contributed by atoms with Gasteiger partial charge in [0.25, 0.3) is 0 Å². The molecule has 0 atom stereocenters. The van der Waals surface area contributed by atoms with Gasteiger partial charge in [-0.1, -0.05) is 0 Å². The maximum absolute atomic E-state index is 6.50. The fraction of sp³-hybridized carbons (Fsp3) is 0. The van der Waals surface area contributed by atoms with Crippen LogP contribution in [0.15, 0.2) is 0 Å². The fourth-order valence-electron chi connectivity index (χ4n) is 0. The molecule has 0 bridgehead atoms. The third-order valence-electron chi connectivity index (χ3n) is 0. The molecular formula is C5H8K3N5. The molecule has 0 aromatic carbocycles. The van der Waals surface area contributed by atoms with E-state index in [0.29, 0.717) is 0 Å². The third kappa shape index (κ3) is 394. The molecule has 0 aromatic heterocycles. The molecule has 0 spiro atoms. The Kier molecular flexibility index (Phi) is 2070. The number of nitriles is 5. The molecule has 0 aromatic rings. The number of nitrogens with zero attached hydrogens (tertiary/aromatic N) is 5. The average molecular weight is 255 g/mol. The van der Waals surface area contributed by atoms with Crippen LogP contribution in [0, 0.1) is 59.2 Å². The Bertz CT molecular complexity index is 78.7. The van der Waals surface area contributed by atoms with Crippen LogP contribution in [0.4, 0.5) is 0 Å². The molecule has 0 aliphatic rings.